The van der Waals surface area contributed by atoms with Crippen molar-refractivity contribution in [2.24, 2.45) is 0 Å². The summed E-state index contributed by atoms with van der Waals surface area (Å²) in [5, 5.41) is 17.7. The third kappa shape index (κ3) is 20.1. The second-order valence-corrected chi connectivity index (χ2v) is 8.33. The SMILES string of the molecule is CCCCCCCCCCCCCCCCSCC(CO)OCC(=O)O. The van der Waals surface area contributed by atoms with Crippen molar-refractivity contribution in [1.82, 2.24) is 0 Å². The smallest absolute Gasteiger partial charge is 0.329 e. The Bertz CT molecular complexity index is 300. The van der Waals surface area contributed by atoms with Crippen LogP contribution < -0.4 is 0 Å². The Morgan fingerprint density at radius 2 is 1.31 bits per heavy atom. The second kappa shape index (κ2) is 21.0. The maximum absolute atomic E-state index is 10.4. The Kier molecular flexibility index (Phi) is 20.8. The van der Waals surface area contributed by atoms with E-state index in [-0.39, 0.29) is 19.3 Å². The van der Waals surface area contributed by atoms with Crippen molar-refractivity contribution in [3.8, 4) is 0 Å². The Morgan fingerprint density at radius 3 is 1.73 bits per heavy atom. The summed E-state index contributed by atoms with van der Waals surface area (Å²) in [6.07, 6.45) is 18.8. The van der Waals surface area contributed by atoms with Gasteiger partial charge in [-0.05, 0) is 12.2 Å². The van der Waals surface area contributed by atoms with E-state index in [4.69, 9.17) is 14.9 Å². The average molecular weight is 391 g/mol. The molecule has 0 spiro atoms. The molecule has 0 heterocycles. The van der Waals surface area contributed by atoms with Gasteiger partial charge in [0, 0.05) is 5.75 Å². The van der Waals surface area contributed by atoms with Crippen LogP contribution >= 0.6 is 11.8 Å². The average Bonchev–Trinajstić information content (AvgIpc) is 2.63. The quantitative estimate of drug-likeness (QED) is 0.247. The van der Waals surface area contributed by atoms with Crippen molar-refractivity contribution in [2.75, 3.05) is 24.7 Å². The minimum Gasteiger partial charge on any atom is -0.480 e. The van der Waals surface area contributed by atoms with E-state index >= 15 is 0 Å². The molecule has 0 aromatic heterocycles. The largest absolute Gasteiger partial charge is 0.480 e. The number of rotatable bonds is 21. The molecule has 26 heavy (non-hydrogen) atoms. The molecule has 0 bridgehead atoms. The fourth-order valence-corrected chi connectivity index (χ4v) is 4.00. The van der Waals surface area contributed by atoms with Gasteiger partial charge in [-0.25, -0.2) is 4.79 Å². The van der Waals surface area contributed by atoms with Gasteiger partial charge in [-0.1, -0.05) is 90.4 Å². The summed E-state index contributed by atoms with van der Waals surface area (Å²) >= 11 is 1.74. The monoisotopic (exact) mass is 390 g/mol. The van der Waals surface area contributed by atoms with Crippen molar-refractivity contribution in [3.63, 3.8) is 0 Å². The maximum Gasteiger partial charge on any atom is 0.329 e. The van der Waals surface area contributed by atoms with Crippen molar-refractivity contribution in [1.29, 1.82) is 0 Å². The molecule has 0 aliphatic rings. The zero-order valence-electron chi connectivity index (χ0n) is 16.9. The molecule has 2 N–H and O–H groups in total. The van der Waals surface area contributed by atoms with Crippen LogP contribution in [0.4, 0.5) is 0 Å². The van der Waals surface area contributed by atoms with Gasteiger partial charge in [0.25, 0.3) is 0 Å². The standard InChI is InChI=1S/C21H42O4S/c1-2-3-4-5-6-7-8-9-10-11-12-13-14-15-16-26-19-20(17-22)25-18-21(23)24/h20,22H,2-19H2,1H3,(H,23,24). The number of carbonyl (C=O) groups is 1. The van der Waals surface area contributed by atoms with Crippen molar-refractivity contribution < 1.29 is 19.7 Å². The van der Waals surface area contributed by atoms with E-state index < -0.39 is 5.97 Å². The number of ether oxygens (including phenoxy) is 1. The molecule has 0 radical (unpaired) electrons. The van der Waals surface area contributed by atoms with Crippen LogP contribution in [0.1, 0.15) is 96.8 Å². The summed E-state index contributed by atoms with van der Waals surface area (Å²) in [4.78, 5) is 10.4. The van der Waals surface area contributed by atoms with Gasteiger partial charge in [-0.15, -0.1) is 0 Å². The predicted octanol–water partition coefficient (Wildman–Crippen LogP) is 5.66. The molecule has 5 heteroatoms. The van der Waals surface area contributed by atoms with Crippen LogP contribution in [0.3, 0.4) is 0 Å². The molecule has 0 fully saturated rings. The molecule has 0 amide bonds. The lowest BCUT2D eigenvalue weighted by Gasteiger charge is -2.13. The Balaban J connectivity index is 3.18. The molecule has 0 aliphatic carbocycles. The number of thioether (sulfide) groups is 1. The van der Waals surface area contributed by atoms with Crippen molar-refractivity contribution in [2.45, 2.75) is 103 Å². The molecule has 1 unspecified atom stereocenters. The van der Waals surface area contributed by atoms with Gasteiger partial charge in [-0.2, -0.15) is 11.8 Å². The first-order valence-corrected chi connectivity index (χ1v) is 11.9. The van der Waals surface area contributed by atoms with Gasteiger partial charge >= 0.3 is 5.97 Å². The first-order valence-electron chi connectivity index (χ1n) is 10.7. The van der Waals surface area contributed by atoms with E-state index in [1.807, 2.05) is 0 Å². The number of unbranched alkanes of at least 4 members (excludes halogenated alkanes) is 13. The van der Waals surface area contributed by atoms with E-state index in [9.17, 15) is 4.79 Å². The van der Waals surface area contributed by atoms with Crippen LogP contribution in [-0.4, -0.2) is 47.0 Å². The highest BCUT2D eigenvalue weighted by atomic mass is 32.2. The summed E-state index contributed by atoms with van der Waals surface area (Å²) < 4.78 is 5.11. The summed E-state index contributed by atoms with van der Waals surface area (Å²) in [5.41, 5.74) is 0. The fraction of sp³-hybridized carbons (Fsp3) is 0.952. The highest BCUT2D eigenvalue weighted by Gasteiger charge is 2.09. The van der Waals surface area contributed by atoms with Crippen LogP contribution in [0.25, 0.3) is 0 Å². The molecule has 0 saturated heterocycles. The van der Waals surface area contributed by atoms with Gasteiger partial charge < -0.3 is 14.9 Å². The summed E-state index contributed by atoms with van der Waals surface area (Å²) in [6.45, 7) is 1.83. The molecule has 0 aromatic carbocycles. The van der Waals surface area contributed by atoms with E-state index in [2.05, 4.69) is 6.92 Å². The summed E-state index contributed by atoms with van der Waals surface area (Å²) in [5.74, 6) is 0.744. The molecule has 156 valence electrons. The van der Waals surface area contributed by atoms with E-state index in [1.54, 1.807) is 11.8 Å². The number of aliphatic hydroxyl groups excluding tert-OH is 1. The third-order valence-electron chi connectivity index (χ3n) is 4.59. The predicted molar refractivity (Wildman–Crippen MR) is 112 cm³/mol. The molecule has 0 aromatic rings. The zero-order valence-corrected chi connectivity index (χ0v) is 17.7. The van der Waals surface area contributed by atoms with Crippen LogP contribution in [0.2, 0.25) is 0 Å². The minimum absolute atomic E-state index is 0.112. The number of aliphatic carboxylic acids is 1. The van der Waals surface area contributed by atoms with Gasteiger partial charge in [0.05, 0.1) is 12.7 Å². The molecule has 0 saturated carbocycles. The molecule has 4 nitrogen and oxygen atoms in total. The van der Waals surface area contributed by atoms with Crippen LogP contribution in [-0.2, 0) is 9.53 Å². The second-order valence-electron chi connectivity index (χ2n) is 7.18. The number of aliphatic hydroxyl groups is 1. The van der Waals surface area contributed by atoms with E-state index in [1.165, 1.54) is 89.9 Å². The molecule has 0 rings (SSSR count). The number of carboxylic acid groups (broad SMARTS) is 1. The molecule has 0 aliphatic heterocycles. The Hall–Kier alpha value is -0.260. The van der Waals surface area contributed by atoms with Crippen LogP contribution in [0, 0.1) is 0 Å². The first kappa shape index (κ1) is 25.7. The van der Waals surface area contributed by atoms with Gasteiger partial charge in [-0.3, -0.25) is 0 Å². The zero-order chi connectivity index (χ0) is 19.3. The lowest BCUT2D eigenvalue weighted by Crippen LogP contribution is -2.24. The fourth-order valence-electron chi connectivity index (χ4n) is 2.96. The Morgan fingerprint density at radius 1 is 0.846 bits per heavy atom. The number of carboxylic acids is 1. The molecular weight excluding hydrogens is 348 g/mol. The van der Waals surface area contributed by atoms with Gasteiger partial charge in [0.15, 0.2) is 0 Å². The van der Waals surface area contributed by atoms with Gasteiger partial charge in [0.2, 0.25) is 0 Å². The summed E-state index contributed by atoms with van der Waals surface area (Å²) in [6, 6.07) is 0. The number of hydrogen-bond donors (Lipinski definition) is 2. The molecule has 1 atom stereocenters. The highest BCUT2D eigenvalue weighted by Crippen LogP contribution is 2.14. The van der Waals surface area contributed by atoms with Crippen LogP contribution in [0.15, 0.2) is 0 Å². The van der Waals surface area contributed by atoms with Crippen LogP contribution in [0.5, 0.6) is 0 Å². The lowest BCUT2D eigenvalue weighted by atomic mass is 10.0. The maximum atomic E-state index is 10.4. The molecular formula is C21H42O4S. The normalized spacial score (nSPS) is 12.4. The van der Waals surface area contributed by atoms with E-state index in [0.29, 0.717) is 5.75 Å². The van der Waals surface area contributed by atoms with Crippen molar-refractivity contribution in [3.05, 3.63) is 0 Å². The van der Waals surface area contributed by atoms with Crippen molar-refractivity contribution >= 4 is 17.7 Å². The minimum atomic E-state index is -0.986. The topological polar surface area (TPSA) is 66.8 Å². The van der Waals surface area contributed by atoms with Gasteiger partial charge in [0.1, 0.15) is 6.61 Å². The van der Waals surface area contributed by atoms with E-state index in [0.717, 1.165) is 5.75 Å². The highest BCUT2D eigenvalue weighted by molar-refractivity contribution is 7.99. The summed E-state index contributed by atoms with van der Waals surface area (Å²) in [7, 11) is 0. The third-order valence-corrected chi connectivity index (χ3v) is 5.78. The number of hydrogen-bond acceptors (Lipinski definition) is 4. The first-order chi connectivity index (χ1) is 12.7. The Labute approximate surface area is 165 Å². The lowest BCUT2D eigenvalue weighted by molar-refractivity contribution is -0.144.